The third-order valence-corrected chi connectivity index (χ3v) is 4.31. The molecule has 8 heteroatoms. The molecule has 1 aliphatic heterocycles. The van der Waals surface area contributed by atoms with Gasteiger partial charge in [-0.1, -0.05) is 6.07 Å². The third-order valence-electron chi connectivity index (χ3n) is 3.60. The van der Waals surface area contributed by atoms with Crippen LogP contribution in [0.15, 0.2) is 54.6 Å². The minimum absolute atomic E-state index is 0.288. The van der Waals surface area contributed by atoms with E-state index in [1.165, 1.54) is 11.5 Å². The highest BCUT2D eigenvalue weighted by molar-refractivity contribution is 7.10. The standard InChI is InChI=1S/C16H11N5O2S/c22-15(23)12-8-11-2-1-5-18-14(11)21(9-12)16-19-13(20-24-16)10-3-6-17-7-4-10/h1-7,9H,8H2,(H,22,23). The van der Waals surface area contributed by atoms with Crippen molar-refractivity contribution >= 4 is 28.5 Å². The summed E-state index contributed by atoms with van der Waals surface area (Å²) in [5, 5.41) is 9.93. The Labute approximate surface area is 141 Å². The second-order valence-electron chi connectivity index (χ2n) is 5.13. The van der Waals surface area contributed by atoms with Gasteiger partial charge in [-0.15, -0.1) is 0 Å². The van der Waals surface area contributed by atoms with Crippen LogP contribution >= 0.6 is 11.5 Å². The first kappa shape index (κ1) is 14.5. The lowest BCUT2D eigenvalue weighted by Gasteiger charge is -2.24. The highest BCUT2D eigenvalue weighted by Crippen LogP contribution is 2.35. The smallest absolute Gasteiger partial charge is 0.333 e. The highest BCUT2D eigenvalue weighted by atomic mass is 32.1. The number of anilines is 2. The van der Waals surface area contributed by atoms with E-state index in [0.717, 1.165) is 11.1 Å². The number of fused-ring (bicyclic) bond motifs is 1. The van der Waals surface area contributed by atoms with Crippen molar-refractivity contribution in [1.82, 2.24) is 19.3 Å². The molecule has 24 heavy (non-hydrogen) atoms. The van der Waals surface area contributed by atoms with E-state index in [4.69, 9.17) is 0 Å². The van der Waals surface area contributed by atoms with Gasteiger partial charge in [0.15, 0.2) is 5.82 Å². The summed E-state index contributed by atoms with van der Waals surface area (Å²) in [6, 6.07) is 7.32. The van der Waals surface area contributed by atoms with E-state index in [0.29, 0.717) is 23.2 Å². The third kappa shape index (κ3) is 2.52. The van der Waals surface area contributed by atoms with Crippen LogP contribution in [-0.4, -0.2) is 30.4 Å². The Balaban J connectivity index is 1.78. The summed E-state index contributed by atoms with van der Waals surface area (Å²) in [5.41, 5.74) is 1.99. The first-order valence-electron chi connectivity index (χ1n) is 7.13. The molecule has 0 fully saturated rings. The Hall–Kier alpha value is -3.13. The van der Waals surface area contributed by atoms with E-state index in [1.54, 1.807) is 35.8 Å². The van der Waals surface area contributed by atoms with Gasteiger partial charge in [0.05, 0.1) is 5.57 Å². The zero-order valence-electron chi connectivity index (χ0n) is 12.3. The molecule has 7 nitrogen and oxygen atoms in total. The number of aliphatic carboxylic acids is 1. The molecule has 0 aliphatic carbocycles. The molecule has 4 heterocycles. The fraction of sp³-hybridized carbons (Fsp3) is 0.0625. The Morgan fingerprint density at radius 1 is 1.21 bits per heavy atom. The monoisotopic (exact) mass is 337 g/mol. The second kappa shape index (κ2) is 5.82. The molecule has 118 valence electrons. The molecule has 3 aromatic rings. The summed E-state index contributed by atoms with van der Waals surface area (Å²) in [5.74, 6) is 0.305. The first-order chi connectivity index (χ1) is 11.7. The van der Waals surface area contributed by atoms with Gasteiger partial charge in [-0.3, -0.25) is 9.88 Å². The van der Waals surface area contributed by atoms with E-state index in [2.05, 4.69) is 19.3 Å². The number of carboxylic acid groups (broad SMARTS) is 1. The normalized spacial score (nSPS) is 13.3. The van der Waals surface area contributed by atoms with Gasteiger partial charge in [0.2, 0.25) is 5.13 Å². The van der Waals surface area contributed by atoms with Gasteiger partial charge in [-0.05, 0) is 18.2 Å². The van der Waals surface area contributed by atoms with Crippen LogP contribution in [0.1, 0.15) is 5.56 Å². The lowest BCUT2D eigenvalue weighted by Crippen LogP contribution is -2.21. The van der Waals surface area contributed by atoms with E-state index < -0.39 is 5.97 Å². The van der Waals surface area contributed by atoms with Crippen molar-refractivity contribution in [1.29, 1.82) is 0 Å². The predicted molar refractivity (Wildman–Crippen MR) is 88.9 cm³/mol. The van der Waals surface area contributed by atoms with Gasteiger partial charge in [0.25, 0.3) is 0 Å². The Kier molecular flexibility index (Phi) is 3.51. The number of hydrogen-bond donors (Lipinski definition) is 1. The van der Waals surface area contributed by atoms with Gasteiger partial charge in [0.1, 0.15) is 5.82 Å². The maximum Gasteiger partial charge on any atom is 0.333 e. The highest BCUT2D eigenvalue weighted by Gasteiger charge is 2.25. The SMILES string of the molecule is O=C(O)C1=CN(c2nc(-c3ccncc3)ns2)c2ncccc2C1. The predicted octanol–water partition coefficient (Wildman–Crippen LogP) is 2.66. The molecule has 0 amide bonds. The first-order valence-corrected chi connectivity index (χ1v) is 7.91. The van der Waals surface area contributed by atoms with Crippen LogP contribution < -0.4 is 4.90 Å². The topological polar surface area (TPSA) is 92.1 Å². The van der Waals surface area contributed by atoms with Crippen molar-refractivity contribution in [2.75, 3.05) is 4.90 Å². The van der Waals surface area contributed by atoms with Gasteiger partial charge in [-0.2, -0.15) is 9.36 Å². The van der Waals surface area contributed by atoms with E-state index in [9.17, 15) is 9.90 Å². The Bertz CT molecular complexity index is 938. The molecule has 3 aromatic heterocycles. The van der Waals surface area contributed by atoms with Crippen LogP contribution in [0.5, 0.6) is 0 Å². The lowest BCUT2D eigenvalue weighted by molar-refractivity contribution is -0.132. The molecule has 0 saturated carbocycles. The molecule has 0 aromatic carbocycles. The molecule has 0 atom stereocenters. The van der Waals surface area contributed by atoms with Crippen molar-refractivity contribution < 1.29 is 9.90 Å². The zero-order valence-corrected chi connectivity index (χ0v) is 13.1. The van der Waals surface area contributed by atoms with Crippen LogP contribution in [0.25, 0.3) is 11.4 Å². The van der Waals surface area contributed by atoms with Gasteiger partial charge in [-0.25, -0.2) is 9.78 Å². The molecule has 0 unspecified atom stereocenters. The van der Waals surface area contributed by atoms with Crippen molar-refractivity contribution in [3.63, 3.8) is 0 Å². The fourth-order valence-corrected chi connectivity index (χ4v) is 3.13. The van der Waals surface area contributed by atoms with Crippen LogP contribution in [0, 0.1) is 0 Å². The molecule has 0 saturated heterocycles. The second-order valence-corrected chi connectivity index (χ2v) is 5.86. The average Bonchev–Trinajstić information content (AvgIpc) is 3.11. The van der Waals surface area contributed by atoms with Gasteiger partial charge >= 0.3 is 5.97 Å². The largest absolute Gasteiger partial charge is 0.478 e. The summed E-state index contributed by atoms with van der Waals surface area (Å²) >= 11 is 1.20. The maximum atomic E-state index is 11.4. The Morgan fingerprint density at radius 2 is 2.04 bits per heavy atom. The van der Waals surface area contributed by atoms with Crippen LogP contribution in [0.2, 0.25) is 0 Å². The van der Waals surface area contributed by atoms with E-state index >= 15 is 0 Å². The number of carboxylic acids is 1. The number of pyridine rings is 2. The summed E-state index contributed by atoms with van der Waals surface area (Å²) in [6.07, 6.45) is 6.93. The molecule has 0 spiro atoms. The summed E-state index contributed by atoms with van der Waals surface area (Å²) in [4.78, 5) is 26.0. The molecular weight excluding hydrogens is 326 g/mol. The van der Waals surface area contributed by atoms with E-state index in [-0.39, 0.29) is 5.57 Å². The minimum Gasteiger partial charge on any atom is -0.478 e. The van der Waals surface area contributed by atoms with Crippen molar-refractivity contribution in [3.8, 4) is 11.4 Å². The molecular formula is C16H11N5O2S. The average molecular weight is 337 g/mol. The lowest BCUT2D eigenvalue weighted by atomic mass is 10.0. The molecule has 0 radical (unpaired) electrons. The van der Waals surface area contributed by atoms with Crippen LogP contribution in [0.3, 0.4) is 0 Å². The molecule has 1 aliphatic rings. The molecule has 1 N–H and O–H groups in total. The molecule has 4 rings (SSSR count). The van der Waals surface area contributed by atoms with Crippen LogP contribution in [0.4, 0.5) is 10.9 Å². The van der Waals surface area contributed by atoms with Crippen LogP contribution in [-0.2, 0) is 11.2 Å². The van der Waals surface area contributed by atoms with Gasteiger partial charge < -0.3 is 5.11 Å². The van der Waals surface area contributed by atoms with E-state index in [1.807, 2.05) is 18.2 Å². The van der Waals surface area contributed by atoms with Crippen molar-refractivity contribution in [3.05, 3.63) is 60.2 Å². The molecule has 0 bridgehead atoms. The minimum atomic E-state index is -0.951. The maximum absolute atomic E-state index is 11.4. The number of carbonyl (C=O) groups is 1. The fourth-order valence-electron chi connectivity index (χ4n) is 2.46. The zero-order chi connectivity index (χ0) is 16.5. The number of aromatic nitrogens is 4. The summed E-state index contributed by atoms with van der Waals surface area (Å²) < 4.78 is 4.36. The summed E-state index contributed by atoms with van der Waals surface area (Å²) in [7, 11) is 0. The number of nitrogens with zero attached hydrogens (tertiary/aromatic N) is 5. The van der Waals surface area contributed by atoms with Crippen molar-refractivity contribution in [2.24, 2.45) is 0 Å². The Morgan fingerprint density at radius 3 is 2.83 bits per heavy atom. The quantitative estimate of drug-likeness (QED) is 0.785. The number of hydrogen-bond acceptors (Lipinski definition) is 7. The van der Waals surface area contributed by atoms with Crippen molar-refractivity contribution in [2.45, 2.75) is 6.42 Å². The summed E-state index contributed by atoms with van der Waals surface area (Å²) in [6.45, 7) is 0. The van der Waals surface area contributed by atoms with Gasteiger partial charge in [0, 0.05) is 53.9 Å². The number of rotatable bonds is 3.